The topological polar surface area (TPSA) is 93.7 Å². The number of imidazole rings is 1. The summed E-state index contributed by atoms with van der Waals surface area (Å²) in [6.07, 6.45) is 0.418. The van der Waals surface area contributed by atoms with Crippen molar-refractivity contribution in [2.24, 2.45) is 5.73 Å². The van der Waals surface area contributed by atoms with Crippen molar-refractivity contribution in [2.75, 3.05) is 17.2 Å². The Morgan fingerprint density at radius 3 is 2.63 bits per heavy atom. The Kier molecular flexibility index (Phi) is 5.70. The number of aromatic nitrogens is 4. The summed E-state index contributed by atoms with van der Waals surface area (Å²) in [7, 11) is 0. The lowest BCUT2D eigenvalue weighted by Gasteiger charge is -2.28. The Labute approximate surface area is 175 Å². The molecule has 0 spiro atoms. The van der Waals surface area contributed by atoms with Gasteiger partial charge in [0.25, 0.3) is 0 Å². The quantitative estimate of drug-likeness (QED) is 0.536. The van der Waals surface area contributed by atoms with E-state index in [9.17, 15) is 13.2 Å². The Morgan fingerprint density at radius 1 is 1.17 bits per heavy atom. The molecule has 0 bridgehead atoms. The summed E-state index contributed by atoms with van der Waals surface area (Å²) in [4.78, 5) is 12.9. The number of nitrogens with one attached hydrogen (secondary N) is 2. The summed E-state index contributed by atoms with van der Waals surface area (Å²) in [5, 5.41) is 6.06. The monoisotopic (exact) mass is 439 g/mol. The first-order chi connectivity index (χ1) is 14.3. The molecule has 1 aliphatic carbocycles. The summed E-state index contributed by atoms with van der Waals surface area (Å²) >= 11 is 6.08. The maximum absolute atomic E-state index is 12.6. The van der Waals surface area contributed by atoms with Crippen LogP contribution in [0.15, 0.2) is 30.5 Å². The number of nitrogens with zero attached hydrogens (tertiary/aromatic N) is 4. The normalized spacial score (nSPS) is 19.8. The Bertz CT molecular complexity index is 1030. The van der Waals surface area contributed by atoms with Crippen molar-refractivity contribution >= 4 is 40.3 Å². The van der Waals surface area contributed by atoms with Crippen LogP contribution in [0.2, 0.25) is 5.02 Å². The second-order valence-corrected chi connectivity index (χ2v) is 7.82. The first kappa shape index (κ1) is 20.7. The molecular formula is C19H21ClF3N7. The zero-order valence-electron chi connectivity index (χ0n) is 16.0. The van der Waals surface area contributed by atoms with Gasteiger partial charge in [0.15, 0.2) is 5.65 Å². The zero-order chi connectivity index (χ0) is 21.3. The molecule has 1 aliphatic rings. The number of anilines is 3. The molecule has 2 heterocycles. The molecule has 0 amide bonds. The summed E-state index contributed by atoms with van der Waals surface area (Å²) in [6, 6.07) is 7.43. The van der Waals surface area contributed by atoms with Crippen molar-refractivity contribution in [3.05, 3.63) is 35.5 Å². The summed E-state index contributed by atoms with van der Waals surface area (Å²) in [6.45, 7) is -1.21. The van der Waals surface area contributed by atoms with E-state index >= 15 is 0 Å². The van der Waals surface area contributed by atoms with Crippen molar-refractivity contribution in [2.45, 2.75) is 43.9 Å². The molecule has 3 aromatic rings. The van der Waals surface area contributed by atoms with Gasteiger partial charge in [0.1, 0.15) is 12.1 Å². The highest BCUT2D eigenvalue weighted by Gasteiger charge is 2.28. The van der Waals surface area contributed by atoms with E-state index in [2.05, 4.69) is 25.6 Å². The lowest BCUT2D eigenvalue weighted by Crippen LogP contribution is -2.28. The molecule has 0 unspecified atom stereocenters. The molecule has 1 saturated carbocycles. The van der Waals surface area contributed by atoms with E-state index < -0.39 is 12.7 Å². The van der Waals surface area contributed by atoms with Crippen LogP contribution in [0.25, 0.3) is 11.2 Å². The maximum Gasteiger partial charge on any atom is 0.405 e. The highest BCUT2D eigenvalue weighted by Crippen LogP contribution is 2.34. The van der Waals surface area contributed by atoms with Gasteiger partial charge in [-0.3, -0.25) is 4.57 Å². The number of fused-ring (bicyclic) bond motifs is 1. The van der Waals surface area contributed by atoms with Gasteiger partial charge < -0.3 is 16.4 Å². The molecule has 0 saturated heterocycles. The molecule has 160 valence electrons. The van der Waals surface area contributed by atoms with Gasteiger partial charge in [-0.1, -0.05) is 17.7 Å². The third kappa shape index (κ3) is 4.76. The zero-order valence-corrected chi connectivity index (χ0v) is 16.7. The minimum absolute atomic E-state index is 0.0712. The summed E-state index contributed by atoms with van der Waals surface area (Å²) < 4.78 is 39.7. The average Bonchev–Trinajstić information content (AvgIpc) is 3.03. The standard InChI is InChI=1S/C19H21ClF3N7/c20-11-2-1-3-13(8-11)27-18-28-15-9-25-17(26-10-19(21,22)23)29-16(15)30(18)14-6-4-12(24)5-7-14/h1-3,8-9,12,14H,4-7,10,24H2,(H,27,28)(H,25,26,29)/t12-,14-. The van der Waals surface area contributed by atoms with E-state index in [-0.39, 0.29) is 18.0 Å². The number of benzene rings is 1. The second-order valence-electron chi connectivity index (χ2n) is 7.38. The fourth-order valence-electron chi connectivity index (χ4n) is 3.64. The fourth-order valence-corrected chi connectivity index (χ4v) is 3.83. The van der Waals surface area contributed by atoms with Gasteiger partial charge in [-0.25, -0.2) is 9.97 Å². The van der Waals surface area contributed by atoms with Crippen LogP contribution in [0.5, 0.6) is 0 Å². The van der Waals surface area contributed by atoms with E-state index in [4.69, 9.17) is 17.3 Å². The van der Waals surface area contributed by atoms with E-state index in [0.717, 1.165) is 31.4 Å². The number of alkyl halides is 3. The highest BCUT2D eigenvalue weighted by molar-refractivity contribution is 6.30. The molecule has 4 N–H and O–H groups in total. The van der Waals surface area contributed by atoms with Gasteiger partial charge >= 0.3 is 6.18 Å². The van der Waals surface area contributed by atoms with Crippen LogP contribution in [0.3, 0.4) is 0 Å². The van der Waals surface area contributed by atoms with E-state index in [1.165, 1.54) is 6.20 Å². The van der Waals surface area contributed by atoms with Gasteiger partial charge in [0.05, 0.1) is 6.20 Å². The molecule has 0 aliphatic heterocycles. The van der Waals surface area contributed by atoms with Crippen molar-refractivity contribution in [3.8, 4) is 0 Å². The van der Waals surface area contributed by atoms with Crippen LogP contribution in [-0.2, 0) is 0 Å². The van der Waals surface area contributed by atoms with Crippen LogP contribution in [-0.4, -0.2) is 38.3 Å². The number of hydrogen-bond donors (Lipinski definition) is 3. The van der Waals surface area contributed by atoms with E-state index in [0.29, 0.717) is 22.1 Å². The summed E-state index contributed by atoms with van der Waals surface area (Å²) in [5.74, 6) is 0.442. The largest absolute Gasteiger partial charge is 0.405 e. The third-order valence-corrected chi connectivity index (χ3v) is 5.30. The molecule has 4 rings (SSSR count). The van der Waals surface area contributed by atoms with Crippen LogP contribution >= 0.6 is 11.6 Å². The van der Waals surface area contributed by atoms with Crippen molar-refractivity contribution in [3.63, 3.8) is 0 Å². The smallest absolute Gasteiger partial charge is 0.345 e. The van der Waals surface area contributed by atoms with Gasteiger partial charge in [0.2, 0.25) is 11.9 Å². The second kappa shape index (κ2) is 8.27. The molecule has 0 atom stereocenters. The number of hydrogen-bond acceptors (Lipinski definition) is 6. The number of nitrogens with two attached hydrogens (primary N) is 1. The molecular weight excluding hydrogens is 419 g/mol. The first-order valence-electron chi connectivity index (χ1n) is 9.62. The lowest BCUT2D eigenvalue weighted by atomic mass is 9.91. The SMILES string of the molecule is N[C@H]1CC[C@H](n2c(Nc3cccc(Cl)c3)nc3cnc(NCC(F)(F)F)nc32)CC1. The average molecular weight is 440 g/mol. The Morgan fingerprint density at radius 2 is 1.93 bits per heavy atom. The van der Waals surface area contributed by atoms with Crippen LogP contribution in [0, 0.1) is 0 Å². The van der Waals surface area contributed by atoms with Gasteiger partial charge in [-0.05, 0) is 43.9 Å². The molecule has 7 nitrogen and oxygen atoms in total. The summed E-state index contributed by atoms with van der Waals surface area (Å²) in [5.41, 5.74) is 7.76. The molecule has 1 fully saturated rings. The molecule has 1 aromatic carbocycles. The predicted octanol–water partition coefficient (Wildman–Crippen LogP) is 4.64. The van der Waals surface area contributed by atoms with E-state index in [1.54, 1.807) is 12.1 Å². The molecule has 30 heavy (non-hydrogen) atoms. The lowest BCUT2D eigenvalue weighted by molar-refractivity contribution is -0.115. The third-order valence-electron chi connectivity index (χ3n) is 5.07. The van der Waals surface area contributed by atoms with Gasteiger partial charge in [0, 0.05) is 22.8 Å². The predicted molar refractivity (Wildman–Crippen MR) is 110 cm³/mol. The number of halogens is 4. The number of rotatable bonds is 5. The van der Waals surface area contributed by atoms with Gasteiger partial charge in [-0.15, -0.1) is 0 Å². The Hall–Kier alpha value is -2.59. The Balaban J connectivity index is 1.72. The molecule has 0 radical (unpaired) electrons. The fraction of sp³-hybridized carbons (Fsp3) is 0.421. The molecule has 2 aromatic heterocycles. The van der Waals surface area contributed by atoms with E-state index in [1.807, 2.05) is 16.7 Å². The van der Waals surface area contributed by atoms with Gasteiger partial charge in [-0.2, -0.15) is 18.2 Å². The maximum atomic E-state index is 12.6. The van der Waals surface area contributed by atoms with Crippen LogP contribution < -0.4 is 16.4 Å². The highest BCUT2D eigenvalue weighted by atomic mass is 35.5. The minimum Gasteiger partial charge on any atom is -0.345 e. The van der Waals surface area contributed by atoms with Crippen LogP contribution in [0.4, 0.5) is 30.8 Å². The van der Waals surface area contributed by atoms with Crippen molar-refractivity contribution < 1.29 is 13.2 Å². The first-order valence-corrected chi connectivity index (χ1v) is 10.00. The van der Waals surface area contributed by atoms with Crippen molar-refractivity contribution in [1.29, 1.82) is 0 Å². The van der Waals surface area contributed by atoms with Crippen LogP contribution in [0.1, 0.15) is 31.7 Å². The minimum atomic E-state index is -4.36. The van der Waals surface area contributed by atoms with Crippen molar-refractivity contribution in [1.82, 2.24) is 19.5 Å². The molecule has 11 heteroatoms.